The van der Waals surface area contributed by atoms with Gasteiger partial charge in [-0.2, -0.15) is 0 Å². The van der Waals surface area contributed by atoms with Gasteiger partial charge in [-0.3, -0.25) is 4.79 Å². The summed E-state index contributed by atoms with van der Waals surface area (Å²) in [6, 6.07) is 9.49. The van der Waals surface area contributed by atoms with E-state index in [2.05, 4.69) is 47.8 Å². The Balaban J connectivity index is 2.38. The van der Waals surface area contributed by atoms with Crippen LogP contribution in [0.15, 0.2) is 30.3 Å². The summed E-state index contributed by atoms with van der Waals surface area (Å²) in [4.78, 5) is 11.4. The fourth-order valence-electron chi connectivity index (χ4n) is 0.976. The third-order valence-corrected chi connectivity index (χ3v) is 2.27. The molecule has 0 aliphatic rings. The van der Waals surface area contributed by atoms with Crippen LogP contribution in [-0.4, -0.2) is 14.7 Å². The number of rotatable bonds is 3. The van der Waals surface area contributed by atoms with E-state index in [4.69, 9.17) is 4.74 Å². The molecule has 1 aromatic carbocycles. The summed E-state index contributed by atoms with van der Waals surface area (Å²) in [6.45, 7) is 0.221. The molecule has 0 bridgehead atoms. The van der Waals surface area contributed by atoms with Crippen LogP contribution in [0.5, 0.6) is 0 Å². The van der Waals surface area contributed by atoms with Crippen LogP contribution in [0.3, 0.4) is 0 Å². The third kappa shape index (κ3) is 6.33. The van der Waals surface area contributed by atoms with Crippen LogP contribution < -0.4 is 0 Å². The Kier molecular flexibility index (Phi) is 5.29. The monoisotopic (exact) mass is 398 g/mol. The Bertz CT molecular complexity index is 319. The molecule has 0 aromatic heterocycles. The van der Waals surface area contributed by atoms with Crippen LogP contribution in [0.25, 0.3) is 0 Å². The molecule has 0 aliphatic carbocycles. The number of carbonyl (C=O) groups is 1. The van der Waals surface area contributed by atoms with Crippen LogP contribution in [0.1, 0.15) is 5.56 Å². The molecule has 0 heterocycles. The second kappa shape index (κ2) is 6.01. The molecule has 82 valence electrons. The molecule has 0 saturated heterocycles. The first-order valence-corrected chi connectivity index (χ1v) is 6.61. The molecular weight excluding hydrogens is 392 g/mol. The number of benzene rings is 1. The molecule has 0 N–H and O–H groups in total. The van der Waals surface area contributed by atoms with Crippen molar-refractivity contribution in [1.82, 2.24) is 0 Å². The van der Waals surface area contributed by atoms with Gasteiger partial charge in [0.05, 0.1) is 6.42 Å². The van der Waals surface area contributed by atoms with Gasteiger partial charge in [0, 0.05) is 0 Å². The number of hydrogen-bond acceptors (Lipinski definition) is 2. The third-order valence-electron chi connectivity index (χ3n) is 1.59. The smallest absolute Gasteiger partial charge is 0.310 e. The molecule has 0 spiro atoms. The molecule has 0 fully saturated rings. The van der Waals surface area contributed by atoms with Gasteiger partial charge in [-0.15, -0.1) is 0 Å². The van der Waals surface area contributed by atoms with Crippen LogP contribution in [-0.2, 0) is 16.0 Å². The van der Waals surface area contributed by atoms with Crippen LogP contribution in [0.4, 0.5) is 0 Å². The SMILES string of the molecule is O=C(Cc1ccccc1)OCC(Br)(Br)Br. The van der Waals surface area contributed by atoms with Crippen molar-refractivity contribution in [2.75, 3.05) is 6.61 Å². The van der Waals surface area contributed by atoms with Crippen molar-refractivity contribution >= 4 is 53.8 Å². The summed E-state index contributed by atoms with van der Waals surface area (Å²) in [5.41, 5.74) is 0.951. The van der Waals surface area contributed by atoms with Crippen molar-refractivity contribution in [1.29, 1.82) is 0 Å². The summed E-state index contributed by atoms with van der Waals surface area (Å²) < 4.78 is 4.50. The van der Waals surface area contributed by atoms with E-state index in [0.29, 0.717) is 6.42 Å². The summed E-state index contributed by atoms with van der Waals surface area (Å²) in [6.07, 6.45) is 0.296. The lowest BCUT2D eigenvalue weighted by Gasteiger charge is -2.12. The van der Waals surface area contributed by atoms with Gasteiger partial charge >= 0.3 is 5.97 Å². The minimum absolute atomic E-state index is 0.221. The average Bonchev–Trinajstić information content (AvgIpc) is 2.15. The Morgan fingerprint density at radius 2 is 1.80 bits per heavy atom. The number of esters is 1. The van der Waals surface area contributed by atoms with Gasteiger partial charge in [-0.25, -0.2) is 0 Å². The van der Waals surface area contributed by atoms with Gasteiger partial charge in [0.1, 0.15) is 6.61 Å². The second-order valence-electron chi connectivity index (χ2n) is 2.94. The molecule has 5 heteroatoms. The van der Waals surface area contributed by atoms with Crippen LogP contribution in [0, 0.1) is 0 Å². The number of hydrogen-bond donors (Lipinski definition) is 0. The number of halogens is 3. The first-order chi connectivity index (χ1) is 6.97. The summed E-state index contributed by atoms with van der Waals surface area (Å²) in [7, 11) is 0. The van der Waals surface area contributed by atoms with Crippen molar-refractivity contribution in [3.63, 3.8) is 0 Å². The zero-order valence-corrected chi connectivity index (χ0v) is 12.5. The van der Waals surface area contributed by atoms with Crippen molar-refractivity contribution in [3.05, 3.63) is 35.9 Å². The Labute approximate surface area is 114 Å². The van der Waals surface area contributed by atoms with Crippen molar-refractivity contribution in [2.24, 2.45) is 0 Å². The number of carbonyl (C=O) groups excluding carboxylic acids is 1. The van der Waals surface area contributed by atoms with E-state index in [1.165, 1.54) is 0 Å². The summed E-state index contributed by atoms with van der Waals surface area (Å²) in [5.74, 6) is -0.246. The van der Waals surface area contributed by atoms with Gasteiger partial charge in [0.2, 0.25) is 0 Å². The molecule has 2 nitrogen and oxygen atoms in total. The van der Waals surface area contributed by atoms with Crippen LogP contribution in [0.2, 0.25) is 0 Å². The van der Waals surface area contributed by atoms with Gasteiger partial charge in [0.25, 0.3) is 0 Å². The molecule has 0 amide bonds. The normalized spacial score (nSPS) is 11.1. The van der Waals surface area contributed by atoms with Gasteiger partial charge < -0.3 is 4.74 Å². The van der Waals surface area contributed by atoms with E-state index in [-0.39, 0.29) is 12.6 Å². The zero-order valence-electron chi connectivity index (χ0n) is 7.75. The van der Waals surface area contributed by atoms with Crippen LogP contribution >= 0.6 is 47.8 Å². The first-order valence-electron chi connectivity index (χ1n) is 4.24. The van der Waals surface area contributed by atoms with Crippen molar-refractivity contribution < 1.29 is 9.53 Å². The molecule has 15 heavy (non-hydrogen) atoms. The zero-order chi connectivity index (χ0) is 11.3. The molecule has 0 saturated carbocycles. The average molecular weight is 401 g/mol. The molecular formula is C10H9Br3O2. The highest BCUT2D eigenvalue weighted by Gasteiger charge is 2.20. The highest BCUT2D eigenvalue weighted by molar-refractivity contribution is 9.39. The maximum atomic E-state index is 11.4. The topological polar surface area (TPSA) is 26.3 Å². The number of ether oxygens (including phenoxy) is 1. The molecule has 0 radical (unpaired) electrons. The van der Waals surface area contributed by atoms with E-state index in [0.717, 1.165) is 5.56 Å². The maximum Gasteiger partial charge on any atom is 0.310 e. The largest absolute Gasteiger partial charge is 0.462 e. The van der Waals surface area contributed by atoms with Gasteiger partial charge in [-0.05, 0) is 5.56 Å². The van der Waals surface area contributed by atoms with E-state index in [9.17, 15) is 4.79 Å². The summed E-state index contributed by atoms with van der Waals surface area (Å²) in [5, 5.41) is 0. The lowest BCUT2D eigenvalue weighted by atomic mass is 10.2. The van der Waals surface area contributed by atoms with E-state index < -0.39 is 2.14 Å². The van der Waals surface area contributed by atoms with Gasteiger partial charge in [0.15, 0.2) is 2.14 Å². The van der Waals surface area contributed by atoms with Crippen molar-refractivity contribution in [3.8, 4) is 0 Å². The standard InChI is InChI=1S/C10H9Br3O2/c11-10(12,13)7-15-9(14)6-8-4-2-1-3-5-8/h1-5H,6-7H2. The summed E-state index contributed by atoms with van der Waals surface area (Å²) >= 11 is 9.75. The number of alkyl halides is 3. The molecule has 1 aromatic rings. The Morgan fingerprint density at radius 1 is 1.20 bits per heavy atom. The molecule has 0 aliphatic heterocycles. The Hall–Kier alpha value is 0.130. The van der Waals surface area contributed by atoms with Gasteiger partial charge in [-0.1, -0.05) is 78.1 Å². The fourth-order valence-corrected chi connectivity index (χ4v) is 1.32. The quantitative estimate of drug-likeness (QED) is 0.572. The first kappa shape index (κ1) is 13.2. The molecule has 1 rings (SSSR count). The Morgan fingerprint density at radius 3 is 2.33 bits per heavy atom. The second-order valence-corrected chi connectivity index (χ2v) is 10.2. The maximum absolute atomic E-state index is 11.4. The minimum Gasteiger partial charge on any atom is -0.462 e. The lowest BCUT2D eigenvalue weighted by Crippen LogP contribution is -2.17. The predicted molar refractivity (Wildman–Crippen MR) is 70.6 cm³/mol. The predicted octanol–water partition coefficient (Wildman–Crippen LogP) is 3.61. The highest BCUT2D eigenvalue weighted by Crippen LogP contribution is 2.33. The highest BCUT2D eigenvalue weighted by atomic mass is 80.0. The van der Waals surface area contributed by atoms with E-state index in [1.54, 1.807) is 0 Å². The molecule has 0 unspecified atom stereocenters. The van der Waals surface area contributed by atoms with E-state index >= 15 is 0 Å². The minimum atomic E-state index is -0.528. The lowest BCUT2D eigenvalue weighted by molar-refractivity contribution is -0.142. The van der Waals surface area contributed by atoms with Crippen molar-refractivity contribution in [2.45, 2.75) is 8.56 Å². The van der Waals surface area contributed by atoms with E-state index in [1.807, 2.05) is 30.3 Å². The fraction of sp³-hybridized carbons (Fsp3) is 0.300. The molecule has 0 atom stereocenters.